The molecule has 2 rings (SSSR count). The van der Waals surface area contributed by atoms with Gasteiger partial charge < -0.3 is 14.8 Å². The quantitative estimate of drug-likeness (QED) is 0.758. The van der Waals surface area contributed by atoms with E-state index in [2.05, 4.69) is 5.32 Å². The number of nitrogens with one attached hydrogen (secondary N) is 1. The minimum Gasteiger partial charge on any atom is -0.466 e. The standard InChI is InChI=1S/C20H22N2O5/c1-3-26-18(23)13-14-21-19(24)16-11-7-8-12-17(16)22(2)20(25)27-15-9-5-4-6-10-15/h4-12H,3,13-14H2,1-2H3,(H,21,24). The molecule has 7 heteroatoms. The number of amides is 2. The third kappa shape index (κ3) is 5.85. The van der Waals surface area contributed by atoms with Gasteiger partial charge in [0.2, 0.25) is 0 Å². The molecule has 2 aromatic carbocycles. The van der Waals surface area contributed by atoms with Gasteiger partial charge in [0.25, 0.3) is 5.91 Å². The molecular formula is C20H22N2O5. The first-order chi connectivity index (χ1) is 13.0. The van der Waals surface area contributed by atoms with E-state index in [0.29, 0.717) is 23.6 Å². The summed E-state index contributed by atoms with van der Waals surface area (Å²) in [4.78, 5) is 37.4. The average molecular weight is 370 g/mol. The van der Waals surface area contributed by atoms with Crippen LogP contribution in [-0.4, -0.2) is 38.2 Å². The number of nitrogens with zero attached hydrogens (tertiary/aromatic N) is 1. The maximum Gasteiger partial charge on any atom is 0.419 e. The molecule has 0 heterocycles. The maximum absolute atomic E-state index is 12.4. The SMILES string of the molecule is CCOC(=O)CCNC(=O)c1ccccc1N(C)C(=O)Oc1ccccc1. The summed E-state index contributed by atoms with van der Waals surface area (Å²) in [5, 5.41) is 2.65. The number of carbonyl (C=O) groups is 3. The van der Waals surface area contributed by atoms with Crippen molar-refractivity contribution in [1.82, 2.24) is 5.32 Å². The topological polar surface area (TPSA) is 84.9 Å². The number of carbonyl (C=O) groups excluding carboxylic acids is 3. The van der Waals surface area contributed by atoms with E-state index in [4.69, 9.17) is 9.47 Å². The van der Waals surface area contributed by atoms with Crippen molar-refractivity contribution >= 4 is 23.7 Å². The molecule has 0 radical (unpaired) electrons. The van der Waals surface area contributed by atoms with Gasteiger partial charge in [0, 0.05) is 13.6 Å². The van der Waals surface area contributed by atoms with Gasteiger partial charge in [0.05, 0.1) is 24.3 Å². The number of rotatable bonds is 7. The lowest BCUT2D eigenvalue weighted by atomic mass is 10.1. The van der Waals surface area contributed by atoms with Crippen molar-refractivity contribution < 1.29 is 23.9 Å². The molecule has 27 heavy (non-hydrogen) atoms. The van der Waals surface area contributed by atoms with E-state index in [-0.39, 0.29) is 18.9 Å². The van der Waals surface area contributed by atoms with Crippen molar-refractivity contribution in [2.75, 3.05) is 25.1 Å². The lowest BCUT2D eigenvalue weighted by Gasteiger charge is -2.20. The Morgan fingerprint density at radius 1 is 1.00 bits per heavy atom. The summed E-state index contributed by atoms with van der Waals surface area (Å²) in [5.41, 5.74) is 0.695. The number of esters is 1. The van der Waals surface area contributed by atoms with Crippen molar-refractivity contribution in [3.63, 3.8) is 0 Å². The highest BCUT2D eigenvalue weighted by atomic mass is 16.6. The van der Waals surface area contributed by atoms with Gasteiger partial charge in [0.15, 0.2) is 0 Å². The van der Waals surface area contributed by atoms with Crippen LogP contribution in [-0.2, 0) is 9.53 Å². The third-order valence-electron chi connectivity index (χ3n) is 3.65. The Morgan fingerprint density at radius 2 is 1.67 bits per heavy atom. The monoisotopic (exact) mass is 370 g/mol. The van der Waals surface area contributed by atoms with Crippen LogP contribution in [0.25, 0.3) is 0 Å². The van der Waals surface area contributed by atoms with Crippen LogP contribution in [0.2, 0.25) is 0 Å². The van der Waals surface area contributed by atoms with Crippen LogP contribution in [0, 0.1) is 0 Å². The summed E-state index contributed by atoms with van der Waals surface area (Å²) in [6, 6.07) is 15.3. The number of hydrogen-bond acceptors (Lipinski definition) is 5. The second-order valence-corrected chi connectivity index (χ2v) is 5.57. The Hall–Kier alpha value is -3.35. The average Bonchev–Trinajstić information content (AvgIpc) is 2.68. The summed E-state index contributed by atoms with van der Waals surface area (Å²) in [6.07, 6.45) is -0.541. The van der Waals surface area contributed by atoms with Crippen molar-refractivity contribution in [1.29, 1.82) is 0 Å². The van der Waals surface area contributed by atoms with E-state index in [0.717, 1.165) is 0 Å². The molecule has 0 aliphatic carbocycles. The van der Waals surface area contributed by atoms with Crippen LogP contribution < -0.4 is 15.0 Å². The Morgan fingerprint density at radius 3 is 2.37 bits per heavy atom. The third-order valence-corrected chi connectivity index (χ3v) is 3.65. The highest BCUT2D eigenvalue weighted by molar-refractivity contribution is 6.03. The lowest BCUT2D eigenvalue weighted by molar-refractivity contribution is -0.142. The molecule has 0 saturated heterocycles. The summed E-state index contributed by atoms with van der Waals surface area (Å²) in [5.74, 6) is -0.366. The van der Waals surface area contributed by atoms with E-state index in [1.165, 1.54) is 11.9 Å². The predicted octanol–water partition coefficient (Wildman–Crippen LogP) is 3.00. The molecule has 0 aliphatic rings. The van der Waals surface area contributed by atoms with Crippen molar-refractivity contribution in [2.24, 2.45) is 0 Å². The summed E-state index contributed by atoms with van der Waals surface area (Å²) >= 11 is 0. The van der Waals surface area contributed by atoms with Crippen LogP contribution in [0.1, 0.15) is 23.7 Å². The first kappa shape index (κ1) is 20.0. The summed E-state index contributed by atoms with van der Waals surface area (Å²) < 4.78 is 10.1. The molecule has 0 atom stereocenters. The molecule has 0 spiro atoms. The van der Waals surface area contributed by atoms with Crippen LogP contribution in [0.15, 0.2) is 54.6 Å². The fraction of sp³-hybridized carbons (Fsp3) is 0.250. The predicted molar refractivity (Wildman–Crippen MR) is 101 cm³/mol. The van der Waals surface area contributed by atoms with Crippen LogP contribution >= 0.6 is 0 Å². The van der Waals surface area contributed by atoms with Crippen molar-refractivity contribution in [2.45, 2.75) is 13.3 Å². The van der Waals surface area contributed by atoms with Crippen LogP contribution in [0.4, 0.5) is 10.5 Å². The van der Waals surface area contributed by atoms with E-state index >= 15 is 0 Å². The molecule has 7 nitrogen and oxygen atoms in total. The Kier molecular flexibility index (Phi) is 7.37. The number of hydrogen-bond donors (Lipinski definition) is 1. The van der Waals surface area contributed by atoms with E-state index < -0.39 is 12.0 Å². The van der Waals surface area contributed by atoms with Gasteiger partial charge in [-0.05, 0) is 31.2 Å². The molecule has 0 saturated carbocycles. The molecule has 142 valence electrons. The van der Waals surface area contributed by atoms with Gasteiger partial charge >= 0.3 is 12.1 Å². The van der Waals surface area contributed by atoms with Crippen molar-refractivity contribution in [3.8, 4) is 5.75 Å². The molecule has 0 bridgehead atoms. The molecule has 2 amide bonds. The highest BCUT2D eigenvalue weighted by Crippen LogP contribution is 2.21. The van der Waals surface area contributed by atoms with Gasteiger partial charge in [0.1, 0.15) is 5.75 Å². The zero-order chi connectivity index (χ0) is 19.6. The van der Waals surface area contributed by atoms with Crippen LogP contribution in [0.5, 0.6) is 5.75 Å². The largest absolute Gasteiger partial charge is 0.466 e. The zero-order valence-electron chi connectivity index (χ0n) is 15.3. The van der Waals surface area contributed by atoms with Gasteiger partial charge in [-0.1, -0.05) is 30.3 Å². The first-order valence-electron chi connectivity index (χ1n) is 8.56. The molecule has 2 aromatic rings. The Labute approximate surface area is 157 Å². The molecule has 0 unspecified atom stereocenters. The fourth-order valence-electron chi connectivity index (χ4n) is 2.32. The van der Waals surface area contributed by atoms with Crippen molar-refractivity contribution in [3.05, 3.63) is 60.2 Å². The molecule has 0 fully saturated rings. The van der Waals surface area contributed by atoms with E-state index in [9.17, 15) is 14.4 Å². The second kappa shape index (κ2) is 9.96. The van der Waals surface area contributed by atoms with Gasteiger partial charge in [-0.3, -0.25) is 14.5 Å². The normalized spacial score (nSPS) is 10.0. The Balaban J connectivity index is 2.04. The zero-order valence-corrected chi connectivity index (χ0v) is 15.3. The number of benzene rings is 2. The minimum absolute atomic E-state index is 0.0770. The molecule has 0 aliphatic heterocycles. The van der Waals surface area contributed by atoms with Gasteiger partial charge in [-0.25, -0.2) is 4.79 Å². The minimum atomic E-state index is -0.618. The highest BCUT2D eigenvalue weighted by Gasteiger charge is 2.20. The maximum atomic E-state index is 12.4. The fourth-order valence-corrected chi connectivity index (χ4v) is 2.32. The molecule has 0 aromatic heterocycles. The van der Waals surface area contributed by atoms with E-state index in [1.807, 2.05) is 6.07 Å². The molecule has 1 N–H and O–H groups in total. The number of para-hydroxylation sites is 2. The molecular weight excluding hydrogens is 348 g/mol. The second-order valence-electron chi connectivity index (χ2n) is 5.57. The number of anilines is 1. The first-order valence-corrected chi connectivity index (χ1v) is 8.56. The summed E-state index contributed by atoms with van der Waals surface area (Å²) in [7, 11) is 1.52. The van der Waals surface area contributed by atoms with Gasteiger partial charge in [-0.2, -0.15) is 0 Å². The lowest BCUT2D eigenvalue weighted by Crippen LogP contribution is -2.33. The number of ether oxygens (including phenoxy) is 2. The van der Waals surface area contributed by atoms with E-state index in [1.54, 1.807) is 55.5 Å². The van der Waals surface area contributed by atoms with Crippen LogP contribution in [0.3, 0.4) is 0 Å². The smallest absolute Gasteiger partial charge is 0.419 e. The summed E-state index contributed by atoms with van der Waals surface area (Å²) in [6.45, 7) is 2.16. The Bertz CT molecular complexity index is 792. The van der Waals surface area contributed by atoms with Gasteiger partial charge in [-0.15, -0.1) is 0 Å².